The van der Waals surface area contributed by atoms with E-state index in [0.717, 1.165) is 18.2 Å². The number of nitrogen functional groups attached to an aromatic ring is 1. The molecule has 1 aliphatic carbocycles. The van der Waals surface area contributed by atoms with Crippen LogP contribution in [0, 0.1) is 5.41 Å². The predicted molar refractivity (Wildman–Crippen MR) is 120 cm³/mol. The first-order valence-electron chi connectivity index (χ1n) is 10.9. The Bertz CT molecular complexity index is 1380. The number of nitrogens with zero attached hydrogens (tertiary/aromatic N) is 5. The molecule has 2 unspecified atom stereocenters. The average molecular weight is 469 g/mol. The minimum atomic E-state index is -4.73. The first kappa shape index (κ1) is 22.1. The molecule has 2 aliphatic rings. The number of hydrogen-bond donors (Lipinski definition) is 2. The number of aromatic nitrogens is 5. The molecule has 4 heterocycles. The van der Waals surface area contributed by atoms with Crippen LogP contribution in [0.5, 0.6) is 0 Å². The van der Waals surface area contributed by atoms with Crippen molar-refractivity contribution in [1.82, 2.24) is 24.3 Å². The normalized spacial score (nSPS) is 24.0. The van der Waals surface area contributed by atoms with E-state index in [1.54, 1.807) is 23.0 Å². The van der Waals surface area contributed by atoms with Crippen molar-refractivity contribution in [3.63, 3.8) is 0 Å². The molecular formula is C23H22F3N7O. The van der Waals surface area contributed by atoms with Gasteiger partial charge in [-0.25, -0.2) is 19.9 Å². The SMILES string of the molecule is CCCc1nc(-c2nc(N)c3c(n2)NC(=O)C3(C)C2(C(F)(F)F)C=CC=CC2)cn2ccnc12. The highest BCUT2D eigenvalue weighted by molar-refractivity contribution is 6.07. The number of allylic oxidation sites excluding steroid dienone is 4. The van der Waals surface area contributed by atoms with Crippen molar-refractivity contribution in [2.45, 2.75) is 44.7 Å². The van der Waals surface area contributed by atoms with Gasteiger partial charge in [-0.05, 0) is 19.8 Å². The number of halogens is 3. The molecule has 8 nitrogen and oxygen atoms in total. The van der Waals surface area contributed by atoms with Crippen molar-refractivity contribution in [1.29, 1.82) is 0 Å². The molecule has 3 N–H and O–H groups in total. The molecule has 2 atom stereocenters. The van der Waals surface area contributed by atoms with Gasteiger partial charge in [-0.3, -0.25) is 4.79 Å². The first-order valence-corrected chi connectivity index (χ1v) is 10.9. The zero-order valence-corrected chi connectivity index (χ0v) is 18.5. The van der Waals surface area contributed by atoms with E-state index in [0.29, 0.717) is 17.8 Å². The Hall–Kier alpha value is -3.76. The maximum Gasteiger partial charge on any atom is 0.399 e. The third kappa shape index (κ3) is 2.88. The monoisotopic (exact) mass is 469 g/mol. The number of carbonyl (C=O) groups excluding carboxylic acids is 1. The molecule has 0 saturated carbocycles. The fourth-order valence-corrected chi connectivity index (χ4v) is 4.94. The molecule has 34 heavy (non-hydrogen) atoms. The number of anilines is 2. The summed E-state index contributed by atoms with van der Waals surface area (Å²) in [5.74, 6) is -0.959. The fraction of sp³-hybridized carbons (Fsp3) is 0.348. The van der Waals surface area contributed by atoms with Crippen LogP contribution in [0.4, 0.5) is 24.8 Å². The number of nitrogens with two attached hydrogens (primary N) is 1. The van der Waals surface area contributed by atoms with Crippen LogP contribution in [0.1, 0.15) is 37.9 Å². The minimum absolute atomic E-state index is 0.0360. The third-order valence-corrected chi connectivity index (χ3v) is 6.75. The maximum absolute atomic E-state index is 14.5. The first-order chi connectivity index (χ1) is 16.1. The van der Waals surface area contributed by atoms with E-state index in [4.69, 9.17) is 5.73 Å². The summed E-state index contributed by atoms with van der Waals surface area (Å²) in [6.45, 7) is 3.26. The van der Waals surface area contributed by atoms with Crippen LogP contribution in [-0.2, 0) is 16.6 Å². The van der Waals surface area contributed by atoms with E-state index in [-0.39, 0.29) is 23.0 Å². The maximum atomic E-state index is 14.5. The smallest absolute Gasteiger partial charge is 0.383 e. The molecule has 3 aromatic heterocycles. The number of imidazole rings is 1. The second-order valence-electron chi connectivity index (χ2n) is 8.68. The number of carbonyl (C=O) groups is 1. The molecular weight excluding hydrogens is 447 g/mol. The Morgan fingerprint density at radius 1 is 1.24 bits per heavy atom. The summed E-state index contributed by atoms with van der Waals surface area (Å²) in [6.07, 6.45) is 6.69. The van der Waals surface area contributed by atoms with Gasteiger partial charge < -0.3 is 15.5 Å². The quantitative estimate of drug-likeness (QED) is 0.598. The minimum Gasteiger partial charge on any atom is -0.383 e. The van der Waals surface area contributed by atoms with Gasteiger partial charge in [0, 0.05) is 18.6 Å². The van der Waals surface area contributed by atoms with Crippen molar-refractivity contribution in [2.24, 2.45) is 5.41 Å². The molecule has 5 rings (SSSR count). The van der Waals surface area contributed by atoms with Crippen molar-refractivity contribution in [2.75, 3.05) is 11.1 Å². The number of aryl methyl sites for hydroxylation is 1. The summed E-state index contributed by atoms with van der Waals surface area (Å²) in [5, 5.41) is 2.53. The number of nitrogens with one attached hydrogen (secondary N) is 1. The largest absolute Gasteiger partial charge is 0.399 e. The lowest BCUT2D eigenvalue weighted by molar-refractivity contribution is -0.225. The summed E-state index contributed by atoms with van der Waals surface area (Å²) in [4.78, 5) is 30.8. The Labute approximate surface area is 192 Å². The van der Waals surface area contributed by atoms with Crippen LogP contribution in [0.25, 0.3) is 17.2 Å². The van der Waals surface area contributed by atoms with E-state index >= 15 is 0 Å². The Morgan fingerprint density at radius 3 is 2.71 bits per heavy atom. The summed E-state index contributed by atoms with van der Waals surface area (Å²) < 4.78 is 45.3. The van der Waals surface area contributed by atoms with Gasteiger partial charge in [-0.2, -0.15) is 13.2 Å². The Morgan fingerprint density at radius 2 is 2.03 bits per heavy atom. The highest BCUT2D eigenvalue weighted by Gasteiger charge is 2.69. The van der Waals surface area contributed by atoms with Crippen LogP contribution in [-0.4, -0.2) is 36.4 Å². The fourth-order valence-electron chi connectivity index (χ4n) is 4.94. The van der Waals surface area contributed by atoms with E-state index in [1.807, 2.05) is 6.92 Å². The van der Waals surface area contributed by atoms with E-state index in [1.165, 1.54) is 25.2 Å². The van der Waals surface area contributed by atoms with Gasteiger partial charge in [-0.15, -0.1) is 0 Å². The van der Waals surface area contributed by atoms with Crippen molar-refractivity contribution in [3.8, 4) is 11.5 Å². The molecule has 0 fully saturated rings. The Balaban J connectivity index is 1.69. The zero-order chi connectivity index (χ0) is 24.3. The van der Waals surface area contributed by atoms with E-state index < -0.39 is 29.3 Å². The van der Waals surface area contributed by atoms with Crippen molar-refractivity contribution in [3.05, 3.63) is 54.2 Å². The Kier molecular flexibility index (Phi) is 4.78. The van der Waals surface area contributed by atoms with Crippen LogP contribution < -0.4 is 11.1 Å². The number of fused-ring (bicyclic) bond motifs is 2. The standard InChI is InChI=1S/C23H22F3N7O/c1-3-7-13-19-28-10-11-33(19)12-14(29-13)17-30-16(27)15-18(31-17)32-20(34)21(15,2)22(23(24,25)26)8-5-4-6-9-22/h4-6,8,10-12H,3,7,9H2,1-2H3,(H3,27,30,31,32,34). The number of alkyl halides is 3. The lowest BCUT2D eigenvalue weighted by atomic mass is 9.58. The van der Waals surface area contributed by atoms with Gasteiger partial charge in [0.2, 0.25) is 5.91 Å². The molecule has 0 bridgehead atoms. The summed E-state index contributed by atoms with van der Waals surface area (Å²) in [6, 6.07) is 0. The molecule has 1 aliphatic heterocycles. The third-order valence-electron chi connectivity index (χ3n) is 6.75. The highest BCUT2D eigenvalue weighted by atomic mass is 19.4. The highest BCUT2D eigenvalue weighted by Crippen LogP contribution is 2.61. The molecule has 176 valence electrons. The van der Waals surface area contributed by atoms with E-state index in [9.17, 15) is 18.0 Å². The summed E-state index contributed by atoms with van der Waals surface area (Å²) >= 11 is 0. The van der Waals surface area contributed by atoms with Crippen LogP contribution in [0.15, 0.2) is 42.9 Å². The van der Waals surface area contributed by atoms with E-state index in [2.05, 4.69) is 25.3 Å². The zero-order valence-electron chi connectivity index (χ0n) is 18.5. The van der Waals surface area contributed by atoms with Gasteiger partial charge in [0.05, 0.1) is 16.7 Å². The predicted octanol–water partition coefficient (Wildman–Crippen LogP) is 4.00. The van der Waals surface area contributed by atoms with Crippen molar-refractivity contribution < 1.29 is 18.0 Å². The molecule has 3 aromatic rings. The molecule has 0 saturated heterocycles. The average Bonchev–Trinajstić information content (AvgIpc) is 3.37. The molecule has 0 aromatic carbocycles. The molecule has 11 heteroatoms. The number of amides is 1. The summed E-state index contributed by atoms with van der Waals surface area (Å²) in [7, 11) is 0. The molecule has 0 spiro atoms. The van der Waals surface area contributed by atoms with Crippen LogP contribution in [0.2, 0.25) is 0 Å². The van der Waals surface area contributed by atoms with Gasteiger partial charge in [-0.1, -0.05) is 37.6 Å². The molecule has 0 radical (unpaired) electrons. The van der Waals surface area contributed by atoms with Crippen molar-refractivity contribution >= 4 is 23.2 Å². The van der Waals surface area contributed by atoms with Crippen LogP contribution in [0.3, 0.4) is 0 Å². The van der Waals surface area contributed by atoms with Gasteiger partial charge >= 0.3 is 6.18 Å². The summed E-state index contributed by atoms with van der Waals surface area (Å²) in [5.41, 5.74) is 3.44. The topological polar surface area (TPSA) is 111 Å². The van der Waals surface area contributed by atoms with Crippen LogP contribution >= 0.6 is 0 Å². The van der Waals surface area contributed by atoms with Gasteiger partial charge in [0.25, 0.3) is 0 Å². The second kappa shape index (κ2) is 7.37. The lowest BCUT2D eigenvalue weighted by Crippen LogP contribution is -2.56. The van der Waals surface area contributed by atoms with Gasteiger partial charge in [0.15, 0.2) is 11.5 Å². The molecule has 1 amide bonds. The number of rotatable bonds is 4. The second-order valence-corrected chi connectivity index (χ2v) is 8.68. The van der Waals surface area contributed by atoms with Gasteiger partial charge in [0.1, 0.15) is 22.7 Å². The number of hydrogen-bond acceptors (Lipinski definition) is 6. The lowest BCUT2D eigenvalue weighted by Gasteiger charge is -2.44.